The number of nitrogens with one attached hydrogen (secondary N) is 1. The fourth-order valence-corrected chi connectivity index (χ4v) is 4.44. The first-order valence-corrected chi connectivity index (χ1v) is 10.4. The summed E-state index contributed by atoms with van der Waals surface area (Å²) in [6, 6.07) is 15.0. The van der Waals surface area contributed by atoms with Crippen molar-refractivity contribution in [2.75, 3.05) is 19.6 Å². The molecular formula is C23H29N3O2. The van der Waals surface area contributed by atoms with Gasteiger partial charge in [0, 0.05) is 38.0 Å². The first-order chi connectivity index (χ1) is 13.7. The summed E-state index contributed by atoms with van der Waals surface area (Å²) in [6.07, 6.45) is 4.39. The molecule has 2 aliphatic rings. The van der Waals surface area contributed by atoms with Gasteiger partial charge in [-0.1, -0.05) is 42.5 Å². The van der Waals surface area contributed by atoms with Crippen LogP contribution in [-0.4, -0.2) is 42.4 Å². The van der Waals surface area contributed by atoms with Crippen molar-refractivity contribution >= 4 is 22.6 Å². The van der Waals surface area contributed by atoms with Gasteiger partial charge in [0.2, 0.25) is 11.8 Å². The zero-order chi connectivity index (χ0) is 19.5. The van der Waals surface area contributed by atoms with Crippen molar-refractivity contribution < 1.29 is 9.59 Å². The normalized spacial score (nSPS) is 24.2. The highest BCUT2D eigenvalue weighted by molar-refractivity contribution is 5.86. The van der Waals surface area contributed by atoms with Crippen LogP contribution < -0.4 is 11.1 Å². The lowest BCUT2D eigenvalue weighted by Crippen LogP contribution is -2.50. The van der Waals surface area contributed by atoms with Gasteiger partial charge in [0.15, 0.2) is 0 Å². The molecule has 1 aliphatic carbocycles. The Labute approximate surface area is 166 Å². The topological polar surface area (TPSA) is 75.4 Å². The van der Waals surface area contributed by atoms with Crippen molar-refractivity contribution in [1.29, 1.82) is 0 Å². The first kappa shape index (κ1) is 18.9. The molecule has 3 atom stereocenters. The van der Waals surface area contributed by atoms with E-state index in [1.807, 2.05) is 11.0 Å². The molecule has 2 fully saturated rings. The van der Waals surface area contributed by atoms with Crippen LogP contribution in [-0.2, 0) is 9.59 Å². The quantitative estimate of drug-likeness (QED) is 0.810. The minimum absolute atomic E-state index is 0.0269. The van der Waals surface area contributed by atoms with E-state index in [4.69, 9.17) is 5.73 Å². The maximum Gasteiger partial charge on any atom is 0.226 e. The van der Waals surface area contributed by atoms with E-state index in [9.17, 15) is 9.59 Å². The molecule has 5 nitrogen and oxygen atoms in total. The number of carbonyl (C=O) groups is 2. The average molecular weight is 380 g/mol. The molecule has 0 aromatic heterocycles. The highest BCUT2D eigenvalue weighted by atomic mass is 16.2. The number of rotatable bonds is 6. The molecule has 2 aromatic carbocycles. The van der Waals surface area contributed by atoms with Gasteiger partial charge in [0.05, 0.1) is 0 Å². The molecule has 0 bridgehead atoms. The summed E-state index contributed by atoms with van der Waals surface area (Å²) in [5.41, 5.74) is 6.71. The minimum Gasteiger partial charge on any atom is -0.354 e. The number of amides is 2. The number of nitrogens with zero attached hydrogens (tertiary/aromatic N) is 1. The molecule has 28 heavy (non-hydrogen) atoms. The summed E-state index contributed by atoms with van der Waals surface area (Å²) in [7, 11) is 0. The monoisotopic (exact) mass is 379 g/mol. The second-order valence-corrected chi connectivity index (χ2v) is 8.08. The third kappa shape index (κ3) is 4.04. The van der Waals surface area contributed by atoms with Gasteiger partial charge in [-0.05, 0) is 47.9 Å². The standard InChI is InChI=1S/C23H29N3O2/c24-11-10-22(27)25-15-19-7-3-4-12-26(19)23(28)21-14-20(21)18-9-8-16-5-1-2-6-17(16)13-18/h1-2,5-6,8-9,13,19-21H,3-4,7,10-12,14-15,24H2,(H,25,27). The zero-order valence-corrected chi connectivity index (χ0v) is 16.3. The van der Waals surface area contributed by atoms with Crippen LogP contribution in [0.4, 0.5) is 0 Å². The number of hydrogen-bond donors (Lipinski definition) is 2. The van der Waals surface area contributed by atoms with Crippen molar-refractivity contribution in [2.45, 2.75) is 44.1 Å². The van der Waals surface area contributed by atoms with Crippen molar-refractivity contribution in [3.05, 3.63) is 48.0 Å². The molecular weight excluding hydrogens is 350 g/mol. The number of benzene rings is 2. The molecule has 2 aromatic rings. The van der Waals surface area contributed by atoms with Gasteiger partial charge in [-0.2, -0.15) is 0 Å². The Morgan fingerprint density at radius 1 is 1.11 bits per heavy atom. The van der Waals surface area contributed by atoms with Crippen LogP contribution in [0.5, 0.6) is 0 Å². The van der Waals surface area contributed by atoms with Crippen LogP contribution in [0.3, 0.4) is 0 Å². The number of carbonyl (C=O) groups excluding carboxylic acids is 2. The van der Waals surface area contributed by atoms with E-state index in [0.717, 1.165) is 32.2 Å². The SMILES string of the molecule is NCCC(=O)NCC1CCCCN1C(=O)C1CC1c1ccc2ccccc2c1. The highest BCUT2D eigenvalue weighted by Gasteiger charge is 2.47. The zero-order valence-electron chi connectivity index (χ0n) is 16.3. The number of fused-ring (bicyclic) bond motifs is 1. The van der Waals surface area contributed by atoms with E-state index in [1.165, 1.54) is 16.3 Å². The third-order valence-corrected chi connectivity index (χ3v) is 6.13. The van der Waals surface area contributed by atoms with E-state index >= 15 is 0 Å². The highest BCUT2D eigenvalue weighted by Crippen LogP contribution is 2.49. The molecule has 148 valence electrons. The minimum atomic E-state index is -0.0269. The van der Waals surface area contributed by atoms with Crippen LogP contribution >= 0.6 is 0 Å². The van der Waals surface area contributed by atoms with Gasteiger partial charge < -0.3 is 16.0 Å². The van der Waals surface area contributed by atoms with E-state index in [1.54, 1.807) is 0 Å². The Bertz CT molecular complexity index is 866. The second kappa shape index (κ2) is 8.31. The van der Waals surface area contributed by atoms with E-state index in [-0.39, 0.29) is 23.8 Å². The molecule has 1 saturated heterocycles. The third-order valence-electron chi connectivity index (χ3n) is 6.13. The van der Waals surface area contributed by atoms with Crippen LogP contribution in [0.1, 0.15) is 43.6 Å². The number of nitrogens with two attached hydrogens (primary N) is 1. The summed E-state index contributed by atoms with van der Waals surface area (Å²) >= 11 is 0. The van der Waals surface area contributed by atoms with Crippen LogP contribution in [0.2, 0.25) is 0 Å². The van der Waals surface area contributed by atoms with Gasteiger partial charge in [0.25, 0.3) is 0 Å². The molecule has 1 saturated carbocycles. The van der Waals surface area contributed by atoms with E-state index < -0.39 is 0 Å². The Kier molecular flexibility index (Phi) is 5.62. The van der Waals surface area contributed by atoms with Crippen LogP contribution in [0.25, 0.3) is 10.8 Å². The molecule has 3 unspecified atom stereocenters. The maximum atomic E-state index is 13.2. The Morgan fingerprint density at radius 3 is 2.75 bits per heavy atom. The lowest BCUT2D eigenvalue weighted by Gasteiger charge is -2.36. The first-order valence-electron chi connectivity index (χ1n) is 10.4. The van der Waals surface area contributed by atoms with Gasteiger partial charge >= 0.3 is 0 Å². The average Bonchev–Trinajstić information content (AvgIpc) is 3.53. The number of likely N-dealkylation sites (tertiary alicyclic amines) is 1. The molecule has 2 amide bonds. The largest absolute Gasteiger partial charge is 0.354 e. The van der Waals surface area contributed by atoms with Gasteiger partial charge in [-0.25, -0.2) is 0 Å². The molecule has 1 heterocycles. The van der Waals surface area contributed by atoms with Crippen molar-refractivity contribution in [2.24, 2.45) is 11.7 Å². The summed E-state index contributed by atoms with van der Waals surface area (Å²) in [4.78, 5) is 27.0. The predicted molar refractivity (Wildman–Crippen MR) is 111 cm³/mol. The number of hydrogen-bond acceptors (Lipinski definition) is 3. The van der Waals surface area contributed by atoms with Gasteiger partial charge in [-0.15, -0.1) is 0 Å². The molecule has 4 rings (SSSR count). The van der Waals surface area contributed by atoms with Gasteiger partial charge in [-0.3, -0.25) is 9.59 Å². The Balaban J connectivity index is 1.40. The fraction of sp³-hybridized carbons (Fsp3) is 0.478. The lowest BCUT2D eigenvalue weighted by molar-refractivity contribution is -0.137. The molecule has 1 aliphatic heterocycles. The molecule has 0 radical (unpaired) electrons. The van der Waals surface area contributed by atoms with Crippen molar-refractivity contribution in [3.63, 3.8) is 0 Å². The van der Waals surface area contributed by atoms with E-state index in [0.29, 0.717) is 25.4 Å². The summed E-state index contributed by atoms with van der Waals surface area (Å²) in [5, 5.41) is 5.42. The van der Waals surface area contributed by atoms with E-state index in [2.05, 4.69) is 41.7 Å². The molecule has 3 N–H and O–H groups in total. The van der Waals surface area contributed by atoms with Crippen LogP contribution in [0, 0.1) is 5.92 Å². The van der Waals surface area contributed by atoms with Crippen LogP contribution in [0.15, 0.2) is 42.5 Å². The predicted octanol–water partition coefficient (Wildman–Crippen LogP) is 2.79. The Morgan fingerprint density at radius 2 is 1.93 bits per heavy atom. The lowest BCUT2D eigenvalue weighted by atomic mass is 10.00. The van der Waals surface area contributed by atoms with Gasteiger partial charge in [0.1, 0.15) is 0 Å². The molecule has 0 spiro atoms. The molecule has 5 heteroatoms. The Hall–Kier alpha value is -2.40. The number of piperidine rings is 1. The fourth-order valence-electron chi connectivity index (χ4n) is 4.44. The summed E-state index contributed by atoms with van der Waals surface area (Å²) in [5.74, 6) is 0.643. The summed E-state index contributed by atoms with van der Waals surface area (Å²) < 4.78 is 0. The van der Waals surface area contributed by atoms with Crippen molar-refractivity contribution in [3.8, 4) is 0 Å². The van der Waals surface area contributed by atoms with Crippen molar-refractivity contribution in [1.82, 2.24) is 10.2 Å². The summed E-state index contributed by atoms with van der Waals surface area (Å²) in [6.45, 7) is 1.70. The maximum absolute atomic E-state index is 13.2. The smallest absolute Gasteiger partial charge is 0.226 e. The second-order valence-electron chi connectivity index (χ2n) is 8.08.